The molecule has 1 fully saturated rings. The summed E-state index contributed by atoms with van der Waals surface area (Å²) in [4.78, 5) is 0. The Labute approximate surface area is 113 Å². The normalized spacial score (nSPS) is 27.8. The molecule has 82 valence electrons. The monoisotopic (exact) mass is 350 g/mol. The summed E-state index contributed by atoms with van der Waals surface area (Å²) in [5.41, 5.74) is 1.73. The Morgan fingerprint density at radius 1 is 1.20 bits per heavy atom. The van der Waals surface area contributed by atoms with Crippen LogP contribution in [0.25, 0.3) is 0 Å². The van der Waals surface area contributed by atoms with Gasteiger partial charge in [0.15, 0.2) is 0 Å². The van der Waals surface area contributed by atoms with E-state index in [9.17, 15) is 0 Å². The summed E-state index contributed by atoms with van der Waals surface area (Å²) in [7, 11) is 0. The number of rotatable bonds is 2. The molecule has 1 aromatic rings. The van der Waals surface area contributed by atoms with Crippen LogP contribution in [0, 0.1) is 11.3 Å². The molecule has 0 aliphatic heterocycles. The molecule has 2 rings (SSSR count). The third kappa shape index (κ3) is 2.13. The molecular weight excluding hydrogens is 339 g/mol. The molecule has 0 amide bonds. The molecule has 0 radical (unpaired) electrons. The standard InChI is InChI=1S/C12H13Br2Cl/c1-12(2)10(6-15)11(12)7-3-8(13)5-9(14)4-7/h3-5,10-11H,6H2,1-2H3. The third-order valence-electron chi connectivity index (χ3n) is 3.46. The lowest BCUT2D eigenvalue weighted by atomic mass is 10.0. The highest BCUT2D eigenvalue weighted by molar-refractivity contribution is 9.11. The first-order valence-corrected chi connectivity index (χ1v) is 7.11. The highest BCUT2D eigenvalue weighted by Crippen LogP contribution is 2.64. The van der Waals surface area contributed by atoms with Crippen molar-refractivity contribution in [2.24, 2.45) is 11.3 Å². The van der Waals surface area contributed by atoms with Crippen molar-refractivity contribution >= 4 is 43.5 Å². The molecule has 0 heterocycles. The second-order valence-electron chi connectivity index (χ2n) is 4.76. The van der Waals surface area contributed by atoms with Crippen LogP contribution in [-0.4, -0.2) is 5.88 Å². The minimum atomic E-state index is 0.349. The van der Waals surface area contributed by atoms with Gasteiger partial charge in [-0.3, -0.25) is 0 Å². The molecule has 2 atom stereocenters. The summed E-state index contributed by atoms with van der Waals surface area (Å²) in [5.74, 6) is 1.96. The van der Waals surface area contributed by atoms with Gasteiger partial charge >= 0.3 is 0 Å². The van der Waals surface area contributed by atoms with Gasteiger partial charge in [0.05, 0.1) is 0 Å². The van der Waals surface area contributed by atoms with Gasteiger partial charge in [0, 0.05) is 14.8 Å². The van der Waals surface area contributed by atoms with Gasteiger partial charge in [-0.1, -0.05) is 45.7 Å². The molecule has 0 saturated heterocycles. The highest BCUT2D eigenvalue weighted by Gasteiger charge is 2.57. The summed E-state index contributed by atoms with van der Waals surface area (Å²) in [6.07, 6.45) is 0. The van der Waals surface area contributed by atoms with E-state index in [0.717, 1.165) is 14.8 Å². The van der Waals surface area contributed by atoms with Crippen molar-refractivity contribution in [3.05, 3.63) is 32.7 Å². The predicted octanol–water partition coefficient (Wildman–Crippen LogP) is 5.19. The van der Waals surface area contributed by atoms with E-state index in [1.54, 1.807) is 0 Å². The summed E-state index contributed by atoms with van der Waals surface area (Å²) >= 11 is 13.0. The number of alkyl halides is 1. The van der Waals surface area contributed by atoms with Crippen molar-refractivity contribution in [3.63, 3.8) is 0 Å². The number of hydrogen-bond acceptors (Lipinski definition) is 0. The van der Waals surface area contributed by atoms with Gasteiger partial charge in [0.2, 0.25) is 0 Å². The molecule has 0 aromatic heterocycles. The minimum Gasteiger partial charge on any atom is -0.126 e. The van der Waals surface area contributed by atoms with E-state index in [1.165, 1.54) is 5.56 Å². The topological polar surface area (TPSA) is 0 Å². The average Bonchev–Trinajstić information content (AvgIpc) is 2.66. The maximum atomic E-state index is 5.98. The lowest BCUT2D eigenvalue weighted by molar-refractivity contribution is 0.577. The molecule has 2 unspecified atom stereocenters. The van der Waals surface area contributed by atoms with Crippen molar-refractivity contribution in [1.82, 2.24) is 0 Å². The molecule has 0 nitrogen and oxygen atoms in total. The Kier molecular flexibility index (Phi) is 3.22. The smallest absolute Gasteiger partial charge is 0.0263 e. The maximum absolute atomic E-state index is 5.98. The van der Waals surface area contributed by atoms with Crippen LogP contribution in [0.2, 0.25) is 0 Å². The zero-order chi connectivity index (χ0) is 11.2. The molecule has 1 aromatic carbocycles. The van der Waals surface area contributed by atoms with Gasteiger partial charge in [-0.25, -0.2) is 0 Å². The van der Waals surface area contributed by atoms with Gasteiger partial charge in [0.25, 0.3) is 0 Å². The van der Waals surface area contributed by atoms with Crippen molar-refractivity contribution in [2.45, 2.75) is 19.8 Å². The van der Waals surface area contributed by atoms with Crippen LogP contribution in [0.4, 0.5) is 0 Å². The van der Waals surface area contributed by atoms with Crippen LogP contribution in [0.5, 0.6) is 0 Å². The average molecular weight is 352 g/mol. The molecule has 3 heteroatoms. The van der Waals surface area contributed by atoms with Crippen molar-refractivity contribution in [1.29, 1.82) is 0 Å². The Hall–Kier alpha value is 0.470. The Morgan fingerprint density at radius 3 is 2.13 bits per heavy atom. The van der Waals surface area contributed by atoms with Crippen LogP contribution in [0.15, 0.2) is 27.1 Å². The first kappa shape index (κ1) is 11.9. The summed E-state index contributed by atoms with van der Waals surface area (Å²) in [6.45, 7) is 4.58. The van der Waals surface area contributed by atoms with E-state index in [2.05, 4.69) is 63.9 Å². The van der Waals surface area contributed by atoms with Gasteiger partial charge in [-0.2, -0.15) is 0 Å². The molecule has 0 bridgehead atoms. The van der Waals surface area contributed by atoms with Gasteiger partial charge in [-0.05, 0) is 41.0 Å². The van der Waals surface area contributed by atoms with Crippen molar-refractivity contribution < 1.29 is 0 Å². The predicted molar refractivity (Wildman–Crippen MR) is 72.6 cm³/mol. The lowest BCUT2D eigenvalue weighted by Gasteiger charge is -2.04. The number of halogens is 3. The molecule has 15 heavy (non-hydrogen) atoms. The van der Waals surface area contributed by atoms with E-state index >= 15 is 0 Å². The Balaban J connectivity index is 2.32. The fourth-order valence-electron chi connectivity index (χ4n) is 2.45. The fraction of sp³-hybridized carbons (Fsp3) is 0.500. The van der Waals surface area contributed by atoms with E-state index in [0.29, 0.717) is 17.3 Å². The third-order valence-corrected chi connectivity index (χ3v) is 4.71. The minimum absolute atomic E-state index is 0.349. The first-order valence-electron chi connectivity index (χ1n) is 4.98. The van der Waals surface area contributed by atoms with E-state index in [4.69, 9.17) is 11.6 Å². The molecule has 1 aliphatic rings. The zero-order valence-corrected chi connectivity index (χ0v) is 12.7. The van der Waals surface area contributed by atoms with E-state index in [1.807, 2.05) is 0 Å². The quantitative estimate of drug-likeness (QED) is 0.643. The largest absolute Gasteiger partial charge is 0.126 e. The molecule has 1 saturated carbocycles. The second kappa shape index (κ2) is 4.05. The fourth-order valence-corrected chi connectivity index (χ4v) is 4.35. The number of benzene rings is 1. The van der Waals surface area contributed by atoms with Gasteiger partial charge in [0.1, 0.15) is 0 Å². The highest BCUT2D eigenvalue weighted by atomic mass is 79.9. The van der Waals surface area contributed by atoms with Crippen LogP contribution >= 0.6 is 43.5 Å². The second-order valence-corrected chi connectivity index (χ2v) is 6.90. The van der Waals surface area contributed by atoms with Crippen LogP contribution < -0.4 is 0 Å². The molecular formula is C12H13Br2Cl. The Bertz CT molecular complexity index is 367. The van der Waals surface area contributed by atoms with Gasteiger partial charge in [-0.15, -0.1) is 11.6 Å². The summed E-state index contributed by atoms with van der Waals surface area (Å²) < 4.78 is 2.26. The maximum Gasteiger partial charge on any atom is 0.0263 e. The zero-order valence-electron chi connectivity index (χ0n) is 8.73. The van der Waals surface area contributed by atoms with E-state index < -0.39 is 0 Å². The van der Waals surface area contributed by atoms with Crippen molar-refractivity contribution in [3.8, 4) is 0 Å². The van der Waals surface area contributed by atoms with Crippen LogP contribution in [0.3, 0.4) is 0 Å². The summed E-state index contributed by atoms with van der Waals surface area (Å²) in [5, 5.41) is 0. The van der Waals surface area contributed by atoms with Crippen LogP contribution in [0.1, 0.15) is 25.3 Å². The van der Waals surface area contributed by atoms with Crippen LogP contribution in [-0.2, 0) is 0 Å². The lowest BCUT2D eigenvalue weighted by Crippen LogP contribution is -1.91. The first-order chi connectivity index (χ1) is 6.96. The van der Waals surface area contributed by atoms with Crippen molar-refractivity contribution in [2.75, 3.05) is 5.88 Å². The Morgan fingerprint density at radius 2 is 1.73 bits per heavy atom. The SMILES string of the molecule is CC1(C)C(CCl)C1c1cc(Br)cc(Br)c1. The molecule has 0 spiro atoms. The van der Waals surface area contributed by atoms with Gasteiger partial charge < -0.3 is 0 Å². The summed E-state index contributed by atoms with van der Waals surface area (Å²) in [6, 6.07) is 6.46. The van der Waals surface area contributed by atoms with E-state index in [-0.39, 0.29) is 0 Å². The molecule has 1 aliphatic carbocycles. The molecule has 0 N–H and O–H groups in total. The number of hydrogen-bond donors (Lipinski definition) is 0.